The molecular weight excluding hydrogens is 160 g/mol. The minimum absolute atomic E-state index is 0.773. The molecule has 0 aliphatic heterocycles. The molecule has 2 fully saturated rings. The van der Waals surface area contributed by atoms with Gasteiger partial charge in [-0.2, -0.15) is 0 Å². The molecule has 2 aliphatic rings. The monoisotopic (exact) mass is 176 g/mol. The van der Waals surface area contributed by atoms with Crippen LogP contribution in [0.3, 0.4) is 0 Å². The van der Waals surface area contributed by atoms with Gasteiger partial charge in [0.05, 0.1) is 6.33 Å². The third-order valence-electron chi connectivity index (χ3n) is 3.95. The molecule has 1 aromatic heterocycles. The predicted molar refractivity (Wildman–Crippen MR) is 51.3 cm³/mol. The molecule has 2 aliphatic carbocycles. The van der Waals surface area contributed by atoms with Gasteiger partial charge < -0.3 is 4.57 Å². The van der Waals surface area contributed by atoms with Crippen molar-refractivity contribution in [2.75, 3.05) is 0 Å². The van der Waals surface area contributed by atoms with Crippen molar-refractivity contribution in [3.05, 3.63) is 18.7 Å². The van der Waals surface area contributed by atoms with Crippen molar-refractivity contribution in [1.29, 1.82) is 0 Å². The Morgan fingerprint density at radius 3 is 3.00 bits per heavy atom. The Kier molecular flexibility index (Phi) is 1.67. The molecule has 2 saturated carbocycles. The molecule has 0 radical (unpaired) electrons. The van der Waals surface area contributed by atoms with Crippen molar-refractivity contribution in [3.8, 4) is 0 Å². The summed E-state index contributed by atoms with van der Waals surface area (Å²) in [6.07, 6.45) is 13.3. The number of nitrogens with zero attached hydrogens (tertiary/aromatic N) is 2. The second-order valence-electron chi connectivity index (χ2n) is 4.51. The van der Waals surface area contributed by atoms with Gasteiger partial charge in [0.25, 0.3) is 0 Å². The first-order valence-electron chi connectivity index (χ1n) is 5.42. The van der Waals surface area contributed by atoms with E-state index in [0.29, 0.717) is 0 Å². The van der Waals surface area contributed by atoms with Gasteiger partial charge in [-0.25, -0.2) is 4.98 Å². The van der Waals surface area contributed by atoms with E-state index >= 15 is 0 Å². The lowest BCUT2D eigenvalue weighted by molar-refractivity contribution is 0.348. The number of hydrogen-bond acceptors (Lipinski definition) is 1. The van der Waals surface area contributed by atoms with Crippen molar-refractivity contribution in [3.63, 3.8) is 0 Å². The first-order chi connectivity index (χ1) is 6.45. The summed E-state index contributed by atoms with van der Waals surface area (Å²) >= 11 is 0. The Bertz CT molecular complexity index is 278. The Morgan fingerprint density at radius 1 is 1.15 bits per heavy atom. The fourth-order valence-corrected chi connectivity index (χ4v) is 3.37. The molecule has 13 heavy (non-hydrogen) atoms. The molecule has 0 amide bonds. The third-order valence-corrected chi connectivity index (χ3v) is 3.95. The summed E-state index contributed by atoms with van der Waals surface area (Å²) in [6.45, 7) is 0. The number of hydrogen-bond donors (Lipinski definition) is 0. The summed E-state index contributed by atoms with van der Waals surface area (Å²) in [5.74, 6) is 2.00. The van der Waals surface area contributed by atoms with Crippen LogP contribution >= 0.6 is 0 Å². The van der Waals surface area contributed by atoms with Gasteiger partial charge in [0, 0.05) is 18.4 Å². The summed E-state index contributed by atoms with van der Waals surface area (Å²) < 4.78 is 2.33. The van der Waals surface area contributed by atoms with E-state index in [9.17, 15) is 0 Å². The lowest BCUT2D eigenvalue weighted by atomic mass is 9.98. The number of imidazole rings is 1. The molecule has 1 heterocycles. The fourth-order valence-electron chi connectivity index (χ4n) is 3.37. The smallest absolute Gasteiger partial charge is 0.0948 e. The van der Waals surface area contributed by atoms with Crippen molar-refractivity contribution < 1.29 is 0 Å². The molecule has 0 bridgehead atoms. The highest BCUT2D eigenvalue weighted by Crippen LogP contribution is 2.49. The molecule has 0 aromatic carbocycles. The average molecular weight is 176 g/mol. The highest BCUT2D eigenvalue weighted by Gasteiger charge is 2.39. The lowest BCUT2D eigenvalue weighted by Crippen LogP contribution is -2.13. The molecule has 70 valence electrons. The first-order valence-corrected chi connectivity index (χ1v) is 5.42. The third kappa shape index (κ3) is 1.11. The molecule has 1 aromatic rings. The summed E-state index contributed by atoms with van der Waals surface area (Å²) in [5, 5.41) is 0. The second kappa shape index (κ2) is 2.86. The maximum atomic E-state index is 4.14. The Labute approximate surface area is 79.0 Å². The quantitative estimate of drug-likeness (QED) is 0.643. The normalized spacial score (nSPS) is 38.0. The van der Waals surface area contributed by atoms with Gasteiger partial charge in [0.2, 0.25) is 0 Å². The van der Waals surface area contributed by atoms with Crippen molar-refractivity contribution in [1.82, 2.24) is 9.55 Å². The van der Waals surface area contributed by atoms with Crippen molar-refractivity contribution in [2.24, 2.45) is 11.8 Å². The van der Waals surface area contributed by atoms with E-state index in [1.165, 1.54) is 32.1 Å². The zero-order valence-electron chi connectivity index (χ0n) is 7.89. The fraction of sp³-hybridized carbons (Fsp3) is 0.727. The predicted octanol–water partition coefficient (Wildman–Crippen LogP) is 2.63. The van der Waals surface area contributed by atoms with Crippen molar-refractivity contribution >= 4 is 0 Å². The van der Waals surface area contributed by atoms with E-state index in [1.54, 1.807) is 0 Å². The Balaban J connectivity index is 1.86. The van der Waals surface area contributed by atoms with Gasteiger partial charge >= 0.3 is 0 Å². The number of rotatable bonds is 1. The summed E-state index contributed by atoms with van der Waals surface area (Å²) in [6, 6.07) is 0.773. The Hall–Kier alpha value is -0.790. The van der Waals surface area contributed by atoms with E-state index in [1.807, 2.05) is 12.5 Å². The minimum Gasteiger partial charge on any atom is -0.334 e. The van der Waals surface area contributed by atoms with Gasteiger partial charge in [-0.1, -0.05) is 12.8 Å². The largest absolute Gasteiger partial charge is 0.334 e. The lowest BCUT2D eigenvalue weighted by Gasteiger charge is -2.19. The molecule has 2 nitrogen and oxygen atoms in total. The van der Waals surface area contributed by atoms with Crippen LogP contribution in [0.2, 0.25) is 0 Å². The molecule has 3 rings (SSSR count). The number of aromatic nitrogens is 2. The van der Waals surface area contributed by atoms with Gasteiger partial charge in [0.1, 0.15) is 0 Å². The van der Waals surface area contributed by atoms with E-state index in [2.05, 4.69) is 15.7 Å². The summed E-state index contributed by atoms with van der Waals surface area (Å²) in [4.78, 5) is 4.14. The minimum atomic E-state index is 0.773. The molecule has 0 saturated heterocycles. The van der Waals surface area contributed by atoms with Crippen LogP contribution in [0.1, 0.15) is 38.1 Å². The van der Waals surface area contributed by atoms with E-state index in [4.69, 9.17) is 0 Å². The topological polar surface area (TPSA) is 17.8 Å². The summed E-state index contributed by atoms with van der Waals surface area (Å²) in [5.41, 5.74) is 0. The average Bonchev–Trinajstić information content (AvgIpc) is 2.79. The van der Waals surface area contributed by atoms with E-state index in [0.717, 1.165) is 17.9 Å². The van der Waals surface area contributed by atoms with Gasteiger partial charge in [-0.15, -0.1) is 0 Å². The SMILES string of the molecule is c1cn(C2CC[C@H]3CCC[C@@H]23)cn1. The second-order valence-corrected chi connectivity index (χ2v) is 4.51. The molecule has 3 atom stereocenters. The van der Waals surface area contributed by atoms with Crippen molar-refractivity contribution in [2.45, 2.75) is 38.1 Å². The maximum absolute atomic E-state index is 4.14. The van der Waals surface area contributed by atoms with Crippen LogP contribution in [0.4, 0.5) is 0 Å². The molecular formula is C11H16N2. The van der Waals surface area contributed by atoms with Crippen LogP contribution in [-0.4, -0.2) is 9.55 Å². The van der Waals surface area contributed by atoms with Crippen LogP contribution in [0.5, 0.6) is 0 Å². The maximum Gasteiger partial charge on any atom is 0.0948 e. The van der Waals surface area contributed by atoms with Crippen LogP contribution in [0, 0.1) is 11.8 Å². The van der Waals surface area contributed by atoms with E-state index < -0.39 is 0 Å². The van der Waals surface area contributed by atoms with E-state index in [-0.39, 0.29) is 0 Å². The molecule has 0 spiro atoms. The van der Waals surface area contributed by atoms with Crippen LogP contribution in [0.25, 0.3) is 0 Å². The zero-order chi connectivity index (χ0) is 8.67. The first kappa shape index (κ1) is 7.60. The summed E-state index contributed by atoms with van der Waals surface area (Å²) in [7, 11) is 0. The van der Waals surface area contributed by atoms with Gasteiger partial charge in [-0.05, 0) is 31.1 Å². The zero-order valence-corrected chi connectivity index (χ0v) is 7.89. The van der Waals surface area contributed by atoms with Crippen LogP contribution in [-0.2, 0) is 0 Å². The highest BCUT2D eigenvalue weighted by molar-refractivity contribution is 4.94. The van der Waals surface area contributed by atoms with Gasteiger partial charge in [-0.3, -0.25) is 0 Å². The van der Waals surface area contributed by atoms with Crippen LogP contribution < -0.4 is 0 Å². The Morgan fingerprint density at radius 2 is 2.15 bits per heavy atom. The standard InChI is InChI=1S/C11H16N2/c1-2-9-4-5-11(10(9)3-1)13-7-6-12-8-13/h6-11H,1-5H2/t9-,10-,11?/m1/s1. The molecule has 1 unspecified atom stereocenters. The molecule has 0 N–H and O–H groups in total. The molecule has 2 heteroatoms. The highest BCUT2D eigenvalue weighted by atomic mass is 15.1. The van der Waals surface area contributed by atoms with Crippen LogP contribution in [0.15, 0.2) is 18.7 Å². The number of fused-ring (bicyclic) bond motifs is 1. The van der Waals surface area contributed by atoms with Gasteiger partial charge in [0.15, 0.2) is 0 Å².